The molecule has 0 saturated carbocycles. The van der Waals surface area contributed by atoms with E-state index in [2.05, 4.69) is 59.7 Å². The minimum atomic E-state index is 0.604. The van der Waals surface area contributed by atoms with Crippen molar-refractivity contribution in [2.24, 2.45) is 7.05 Å². The molecule has 1 aromatic heterocycles. The smallest absolute Gasteiger partial charge is 0.0223 e. The zero-order valence-electron chi connectivity index (χ0n) is 10.2. The van der Waals surface area contributed by atoms with Crippen molar-refractivity contribution < 1.29 is 0 Å². The molecule has 88 valence electrons. The summed E-state index contributed by atoms with van der Waals surface area (Å²) in [6, 6.07) is 11.6. The Morgan fingerprint density at radius 3 is 2.47 bits per heavy atom. The second-order valence-electron chi connectivity index (χ2n) is 4.94. The molecule has 0 fully saturated rings. The van der Waals surface area contributed by atoms with Crippen LogP contribution in [0.3, 0.4) is 0 Å². The van der Waals surface area contributed by atoms with E-state index in [0.717, 1.165) is 6.54 Å². The lowest BCUT2D eigenvalue weighted by atomic mass is 10.1. The fraction of sp³-hybridized carbons (Fsp3) is 0.333. The second-order valence-corrected chi connectivity index (χ2v) is 4.94. The molecule has 1 aliphatic carbocycles. The number of aryl methyl sites for hydroxylation is 1. The molecule has 3 rings (SSSR count). The summed E-state index contributed by atoms with van der Waals surface area (Å²) in [5.74, 6) is 0. The second kappa shape index (κ2) is 4.38. The van der Waals surface area contributed by atoms with Gasteiger partial charge in [0.2, 0.25) is 0 Å². The zero-order chi connectivity index (χ0) is 11.7. The van der Waals surface area contributed by atoms with Crippen LogP contribution >= 0.6 is 0 Å². The summed E-state index contributed by atoms with van der Waals surface area (Å²) in [4.78, 5) is 0. The summed E-state index contributed by atoms with van der Waals surface area (Å²) >= 11 is 0. The molecule has 17 heavy (non-hydrogen) atoms. The lowest BCUT2D eigenvalue weighted by Crippen LogP contribution is -2.28. The largest absolute Gasteiger partial charge is 0.357 e. The van der Waals surface area contributed by atoms with Crippen molar-refractivity contribution in [1.82, 2.24) is 9.88 Å². The highest BCUT2D eigenvalue weighted by molar-refractivity contribution is 5.33. The lowest BCUT2D eigenvalue weighted by molar-refractivity contribution is 0.533. The first-order valence-electron chi connectivity index (χ1n) is 6.22. The van der Waals surface area contributed by atoms with Crippen molar-refractivity contribution in [3.8, 4) is 0 Å². The van der Waals surface area contributed by atoms with Gasteiger partial charge in [-0.1, -0.05) is 24.3 Å². The van der Waals surface area contributed by atoms with Gasteiger partial charge in [-0.25, -0.2) is 0 Å². The lowest BCUT2D eigenvalue weighted by Gasteiger charge is -2.10. The predicted octanol–water partition coefficient (Wildman–Crippen LogP) is 2.28. The Morgan fingerprint density at radius 1 is 1.18 bits per heavy atom. The Hall–Kier alpha value is -1.54. The van der Waals surface area contributed by atoms with Crippen LogP contribution in [0, 0.1) is 0 Å². The third kappa shape index (κ3) is 2.27. The summed E-state index contributed by atoms with van der Waals surface area (Å²) in [5, 5.41) is 3.64. The SMILES string of the molecule is Cn1ccc(CNC2Cc3ccccc3C2)c1. The number of hydrogen-bond acceptors (Lipinski definition) is 1. The van der Waals surface area contributed by atoms with Gasteiger partial charge < -0.3 is 9.88 Å². The maximum Gasteiger partial charge on any atom is 0.0223 e. The van der Waals surface area contributed by atoms with Crippen molar-refractivity contribution in [2.75, 3.05) is 0 Å². The number of fused-ring (bicyclic) bond motifs is 1. The summed E-state index contributed by atoms with van der Waals surface area (Å²) in [6.07, 6.45) is 6.61. The summed E-state index contributed by atoms with van der Waals surface area (Å²) < 4.78 is 2.10. The van der Waals surface area contributed by atoms with E-state index in [1.54, 1.807) is 0 Å². The van der Waals surface area contributed by atoms with Crippen LogP contribution < -0.4 is 5.32 Å². The highest BCUT2D eigenvalue weighted by atomic mass is 14.9. The molecule has 1 heterocycles. The molecule has 0 amide bonds. The van der Waals surface area contributed by atoms with E-state index in [1.165, 1.54) is 29.5 Å². The first-order valence-corrected chi connectivity index (χ1v) is 6.22. The van der Waals surface area contributed by atoms with Gasteiger partial charge in [0.15, 0.2) is 0 Å². The summed E-state index contributed by atoms with van der Waals surface area (Å²) in [5.41, 5.74) is 4.39. The normalized spacial score (nSPS) is 15.1. The molecular formula is C15H18N2. The third-order valence-corrected chi connectivity index (χ3v) is 3.54. The van der Waals surface area contributed by atoms with Gasteiger partial charge in [-0.15, -0.1) is 0 Å². The minimum absolute atomic E-state index is 0.604. The maximum atomic E-state index is 3.64. The van der Waals surface area contributed by atoms with Gasteiger partial charge in [0.25, 0.3) is 0 Å². The summed E-state index contributed by atoms with van der Waals surface area (Å²) in [6.45, 7) is 0.972. The van der Waals surface area contributed by atoms with Crippen LogP contribution in [0.2, 0.25) is 0 Å². The molecule has 0 bridgehead atoms. The van der Waals surface area contributed by atoms with E-state index in [-0.39, 0.29) is 0 Å². The molecule has 0 aliphatic heterocycles. The van der Waals surface area contributed by atoms with Crippen LogP contribution in [0.1, 0.15) is 16.7 Å². The van der Waals surface area contributed by atoms with Gasteiger partial charge in [0, 0.05) is 32.0 Å². The van der Waals surface area contributed by atoms with Gasteiger partial charge in [-0.05, 0) is 35.6 Å². The van der Waals surface area contributed by atoms with E-state index in [9.17, 15) is 0 Å². The number of hydrogen-bond donors (Lipinski definition) is 1. The predicted molar refractivity (Wildman–Crippen MR) is 69.9 cm³/mol. The number of nitrogens with zero attached hydrogens (tertiary/aromatic N) is 1. The Kier molecular flexibility index (Phi) is 2.73. The highest BCUT2D eigenvalue weighted by Crippen LogP contribution is 2.21. The van der Waals surface area contributed by atoms with Crippen molar-refractivity contribution in [3.05, 3.63) is 59.4 Å². The van der Waals surface area contributed by atoms with Crippen molar-refractivity contribution >= 4 is 0 Å². The molecule has 0 saturated heterocycles. The van der Waals surface area contributed by atoms with Gasteiger partial charge in [0.05, 0.1) is 0 Å². The Morgan fingerprint density at radius 2 is 1.88 bits per heavy atom. The number of benzene rings is 1. The van der Waals surface area contributed by atoms with E-state index < -0.39 is 0 Å². The fourth-order valence-corrected chi connectivity index (χ4v) is 2.63. The molecule has 0 atom stereocenters. The van der Waals surface area contributed by atoms with E-state index in [4.69, 9.17) is 0 Å². The van der Waals surface area contributed by atoms with Crippen molar-refractivity contribution in [3.63, 3.8) is 0 Å². The number of nitrogens with one attached hydrogen (secondary N) is 1. The van der Waals surface area contributed by atoms with E-state index >= 15 is 0 Å². The topological polar surface area (TPSA) is 17.0 Å². The van der Waals surface area contributed by atoms with Crippen LogP contribution in [0.15, 0.2) is 42.7 Å². The summed E-state index contributed by atoms with van der Waals surface area (Å²) in [7, 11) is 2.06. The Balaban J connectivity index is 1.59. The molecular weight excluding hydrogens is 208 g/mol. The maximum absolute atomic E-state index is 3.64. The standard InChI is InChI=1S/C15H18N2/c1-17-7-6-12(11-17)10-16-15-8-13-4-2-3-5-14(13)9-15/h2-7,11,15-16H,8-10H2,1H3. The minimum Gasteiger partial charge on any atom is -0.357 e. The third-order valence-electron chi connectivity index (χ3n) is 3.54. The Bertz CT molecular complexity index is 488. The van der Waals surface area contributed by atoms with Gasteiger partial charge in [0.1, 0.15) is 0 Å². The molecule has 0 radical (unpaired) electrons. The van der Waals surface area contributed by atoms with Gasteiger partial charge in [-0.3, -0.25) is 0 Å². The van der Waals surface area contributed by atoms with Crippen LogP contribution in [0.25, 0.3) is 0 Å². The highest BCUT2D eigenvalue weighted by Gasteiger charge is 2.19. The molecule has 1 aromatic carbocycles. The van der Waals surface area contributed by atoms with E-state index in [0.29, 0.717) is 6.04 Å². The Labute approximate surface area is 102 Å². The average Bonchev–Trinajstić information content (AvgIpc) is 2.91. The quantitative estimate of drug-likeness (QED) is 0.849. The van der Waals surface area contributed by atoms with Crippen molar-refractivity contribution in [2.45, 2.75) is 25.4 Å². The first-order chi connectivity index (χ1) is 8.31. The first kappa shape index (κ1) is 10.6. The molecule has 2 aromatic rings. The van der Waals surface area contributed by atoms with Gasteiger partial charge >= 0.3 is 0 Å². The average molecular weight is 226 g/mol. The molecule has 0 unspecified atom stereocenters. The zero-order valence-corrected chi connectivity index (χ0v) is 10.2. The molecule has 0 spiro atoms. The molecule has 1 aliphatic rings. The van der Waals surface area contributed by atoms with E-state index in [1.807, 2.05) is 0 Å². The molecule has 2 heteroatoms. The van der Waals surface area contributed by atoms with Crippen LogP contribution in [0.5, 0.6) is 0 Å². The fourth-order valence-electron chi connectivity index (χ4n) is 2.63. The van der Waals surface area contributed by atoms with Crippen molar-refractivity contribution in [1.29, 1.82) is 0 Å². The number of rotatable bonds is 3. The monoisotopic (exact) mass is 226 g/mol. The molecule has 2 nitrogen and oxygen atoms in total. The molecule has 1 N–H and O–H groups in total. The van der Waals surface area contributed by atoms with Gasteiger partial charge in [-0.2, -0.15) is 0 Å². The van der Waals surface area contributed by atoms with Crippen LogP contribution in [0.4, 0.5) is 0 Å². The number of aromatic nitrogens is 1. The van der Waals surface area contributed by atoms with Crippen LogP contribution in [-0.2, 0) is 26.4 Å². The van der Waals surface area contributed by atoms with Crippen LogP contribution in [-0.4, -0.2) is 10.6 Å².